The fourth-order valence-electron chi connectivity index (χ4n) is 3.99. The minimum absolute atomic E-state index is 0.0417. The Morgan fingerprint density at radius 1 is 1.08 bits per heavy atom. The van der Waals surface area contributed by atoms with Gasteiger partial charge in [0.1, 0.15) is 5.69 Å². The van der Waals surface area contributed by atoms with Crippen molar-refractivity contribution in [1.29, 1.82) is 0 Å². The van der Waals surface area contributed by atoms with E-state index in [1.165, 1.54) is 45.2 Å². The molecule has 2 fully saturated rings. The summed E-state index contributed by atoms with van der Waals surface area (Å²) in [5.74, 6) is 0.627. The number of carbonyl (C=O) groups excluding carboxylic acids is 1. The third kappa shape index (κ3) is 3.15. The first-order valence-corrected chi connectivity index (χ1v) is 9.14. The molecule has 0 radical (unpaired) electrons. The van der Waals surface area contributed by atoms with E-state index in [-0.39, 0.29) is 5.91 Å². The molecule has 0 aromatic carbocycles. The van der Waals surface area contributed by atoms with Crippen molar-refractivity contribution in [2.75, 3.05) is 26.2 Å². The van der Waals surface area contributed by atoms with E-state index in [1.807, 2.05) is 21.6 Å². The van der Waals surface area contributed by atoms with Crippen molar-refractivity contribution in [1.82, 2.24) is 24.2 Å². The maximum atomic E-state index is 12.9. The van der Waals surface area contributed by atoms with Crippen molar-refractivity contribution in [3.63, 3.8) is 0 Å². The first-order chi connectivity index (χ1) is 11.8. The quantitative estimate of drug-likeness (QED) is 0.849. The van der Waals surface area contributed by atoms with Crippen molar-refractivity contribution in [2.45, 2.75) is 44.6 Å². The number of hydrogen-bond donors (Lipinski definition) is 0. The van der Waals surface area contributed by atoms with Gasteiger partial charge in [0.25, 0.3) is 5.91 Å². The zero-order valence-corrected chi connectivity index (χ0v) is 14.1. The van der Waals surface area contributed by atoms with Gasteiger partial charge in [0.15, 0.2) is 0 Å². The lowest BCUT2D eigenvalue weighted by atomic mass is 10.0. The zero-order chi connectivity index (χ0) is 16.4. The van der Waals surface area contributed by atoms with Gasteiger partial charge in [-0.2, -0.15) is 0 Å². The first kappa shape index (κ1) is 15.6. The van der Waals surface area contributed by atoms with Crippen LogP contribution in [-0.4, -0.2) is 62.3 Å². The van der Waals surface area contributed by atoms with E-state index in [2.05, 4.69) is 14.9 Å². The molecular weight excluding hydrogens is 302 g/mol. The number of hydrogen-bond acceptors (Lipinski definition) is 4. The second-order valence-electron chi connectivity index (χ2n) is 6.95. The van der Waals surface area contributed by atoms with Gasteiger partial charge in [-0.15, -0.1) is 0 Å². The van der Waals surface area contributed by atoms with Crippen LogP contribution in [0.3, 0.4) is 0 Å². The Kier molecular flexibility index (Phi) is 4.47. The van der Waals surface area contributed by atoms with Crippen LogP contribution in [0.5, 0.6) is 0 Å². The van der Waals surface area contributed by atoms with Crippen molar-refractivity contribution in [2.24, 2.45) is 0 Å². The number of piperidine rings is 1. The zero-order valence-electron chi connectivity index (χ0n) is 14.1. The van der Waals surface area contributed by atoms with Gasteiger partial charge in [-0.25, -0.2) is 9.97 Å². The Hall–Kier alpha value is -1.95. The minimum Gasteiger partial charge on any atom is -0.336 e. The van der Waals surface area contributed by atoms with Gasteiger partial charge in [-0.1, -0.05) is 12.8 Å². The van der Waals surface area contributed by atoms with Gasteiger partial charge in [0, 0.05) is 37.7 Å². The summed E-state index contributed by atoms with van der Waals surface area (Å²) in [4.78, 5) is 26.1. The highest BCUT2D eigenvalue weighted by Crippen LogP contribution is 2.21. The fourth-order valence-corrected chi connectivity index (χ4v) is 3.99. The second-order valence-corrected chi connectivity index (χ2v) is 6.95. The largest absolute Gasteiger partial charge is 0.336 e. The normalized spacial score (nSPS) is 23.3. The van der Waals surface area contributed by atoms with Gasteiger partial charge in [-0.3, -0.25) is 14.1 Å². The van der Waals surface area contributed by atoms with Crippen LogP contribution in [0.1, 0.15) is 49.0 Å². The third-order valence-electron chi connectivity index (χ3n) is 5.30. The van der Waals surface area contributed by atoms with Crippen LogP contribution in [0, 0.1) is 0 Å². The Balaban J connectivity index is 1.47. The average Bonchev–Trinajstić information content (AvgIpc) is 2.87. The Morgan fingerprint density at radius 2 is 1.92 bits per heavy atom. The van der Waals surface area contributed by atoms with E-state index in [1.54, 1.807) is 12.4 Å². The van der Waals surface area contributed by atoms with Crippen LogP contribution in [0.4, 0.5) is 0 Å². The second kappa shape index (κ2) is 6.89. The monoisotopic (exact) mass is 327 g/mol. The summed E-state index contributed by atoms with van der Waals surface area (Å²) in [6.45, 7) is 4.04. The van der Waals surface area contributed by atoms with Gasteiger partial charge >= 0.3 is 0 Å². The van der Waals surface area contributed by atoms with E-state index in [9.17, 15) is 4.79 Å². The van der Waals surface area contributed by atoms with Crippen molar-refractivity contribution in [3.05, 3.63) is 30.4 Å². The molecule has 6 heteroatoms. The van der Waals surface area contributed by atoms with Crippen molar-refractivity contribution >= 4 is 11.7 Å². The standard InChI is InChI=1S/C18H25N5O/c24-17(16-14-23-12-6-8-19-18(23)20-16)22-11-5-7-15(13-22)21-9-3-1-2-4-10-21/h6,8,12,14-15H,1-5,7,9-11,13H2/t15-/m1/s1. The van der Waals surface area contributed by atoms with E-state index in [0.717, 1.165) is 19.5 Å². The number of rotatable bonds is 2. The maximum absolute atomic E-state index is 12.9. The summed E-state index contributed by atoms with van der Waals surface area (Å²) in [7, 11) is 0. The van der Waals surface area contributed by atoms with Crippen LogP contribution in [0.15, 0.2) is 24.7 Å². The van der Waals surface area contributed by atoms with Crippen LogP contribution < -0.4 is 0 Å². The molecule has 0 saturated carbocycles. The van der Waals surface area contributed by atoms with E-state index in [4.69, 9.17) is 0 Å². The Labute approximate surface area is 142 Å². The SMILES string of the molecule is O=C(c1cn2cccnc2n1)N1CCC[C@@H](N2CCCCCC2)C1. The number of imidazole rings is 1. The molecule has 2 saturated heterocycles. The summed E-state index contributed by atoms with van der Waals surface area (Å²) >= 11 is 0. The highest BCUT2D eigenvalue weighted by atomic mass is 16.2. The number of likely N-dealkylation sites (tertiary alicyclic amines) is 2. The fraction of sp³-hybridized carbons (Fsp3) is 0.611. The lowest BCUT2D eigenvalue weighted by Gasteiger charge is -2.38. The summed E-state index contributed by atoms with van der Waals surface area (Å²) in [5.41, 5.74) is 0.505. The molecule has 1 amide bonds. The molecule has 2 aromatic heterocycles. The molecule has 2 aliphatic rings. The van der Waals surface area contributed by atoms with Gasteiger partial charge in [0.05, 0.1) is 0 Å². The lowest BCUT2D eigenvalue weighted by molar-refractivity contribution is 0.0574. The highest BCUT2D eigenvalue weighted by Gasteiger charge is 2.29. The highest BCUT2D eigenvalue weighted by molar-refractivity contribution is 5.92. The molecule has 2 aromatic rings. The van der Waals surface area contributed by atoms with Gasteiger partial charge < -0.3 is 4.90 Å². The first-order valence-electron chi connectivity index (χ1n) is 9.14. The Bertz CT molecular complexity index is 671. The predicted octanol–water partition coefficient (Wildman–Crippen LogP) is 2.21. The predicted molar refractivity (Wildman–Crippen MR) is 92.0 cm³/mol. The topological polar surface area (TPSA) is 53.7 Å². The van der Waals surface area contributed by atoms with E-state index >= 15 is 0 Å². The lowest BCUT2D eigenvalue weighted by Crippen LogP contribution is -2.50. The number of carbonyl (C=O) groups is 1. The maximum Gasteiger partial charge on any atom is 0.274 e. The molecule has 0 aliphatic carbocycles. The van der Waals surface area contributed by atoms with Gasteiger partial charge in [-0.05, 0) is 44.8 Å². The summed E-state index contributed by atoms with van der Waals surface area (Å²) in [5, 5.41) is 0. The molecule has 0 bridgehead atoms. The summed E-state index contributed by atoms with van der Waals surface area (Å²) in [6.07, 6.45) is 12.9. The van der Waals surface area contributed by atoms with E-state index < -0.39 is 0 Å². The molecule has 1 atom stereocenters. The average molecular weight is 327 g/mol. The smallest absolute Gasteiger partial charge is 0.274 e. The summed E-state index contributed by atoms with van der Waals surface area (Å²) < 4.78 is 1.81. The van der Waals surface area contributed by atoms with Crippen LogP contribution in [-0.2, 0) is 0 Å². The van der Waals surface area contributed by atoms with Crippen LogP contribution in [0.25, 0.3) is 5.78 Å². The molecule has 24 heavy (non-hydrogen) atoms. The van der Waals surface area contributed by atoms with Gasteiger partial charge in [0.2, 0.25) is 5.78 Å². The third-order valence-corrected chi connectivity index (χ3v) is 5.30. The molecule has 4 rings (SSSR count). The van der Waals surface area contributed by atoms with Crippen LogP contribution in [0.2, 0.25) is 0 Å². The molecule has 4 heterocycles. The van der Waals surface area contributed by atoms with Crippen LogP contribution >= 0.6 is 0 Å². The molecule has 0 N–H and O–H groups in total. The minimum atomic E-state index is 0.0417. The Morgan fingerprint density at radius 3 is 2.71 bits per heavy atom. The molecule has 0 unspecified atom stereocenters. The number of amides is 1. The molecule has 0 spiro atoms. The number of aromatic nitrogens is 3. The number of nitrogens with zero attached hydrogens (tertiary/aromatic N) is 5. The van der Waals surface area contributed by atoms with E-state index in [0.29, 0.717) is 17.5 Å². The van der Waals surface area contributed by atoms with Crippen molar-refractivity contribution in [3.8, 4) is 0 Å². The molecule has 128 valence electrons. The summed E-state index contributed by atoms with van der Waals surface area (Å²) in [6, 6.07) is 2.36. The molecular formula is C18H25N5O. The van der Waals surface area contributed by atoms with Crippen molar-refractivity contribution < 1.29 is 4.79 Å². The molecule has 6 nitrogen and oxygen atoms in total. The molecule has 2 aliphatic heterocycles. The number of fused-ring (bicyclic) bond motifs is 1.